The Balaban J connectivity index is 2.58. The van der Waals surface area contributed by atoms with Gasteiger partial charge >= 0.3 is 0 Å². The predicted molar refractivity (Wildman–Crippen MR) is 72.0 cm³/mol. The summed E-state index contributed by atoms with van der Waals surface area (Å²) in [4.78, 5) is 13.2. The molecule has 1 rings (SSSR count). The second kappa shape index (κ2) is 7.31. The number of aliphatic hydroxyl groups is 1. The van der Waals surface area contributed by atoms with E-state index in [0.29, 0.717) is 12.1 Å². The van der Waals surface area contributed by atoms with Crippen molar-refractivity contribution in [2.75, 3.05) is 27.2 Å². The Bertz CT molecular complexity index is 468. The molecule has 20 heavy (non-hydrogen) atoms. The first kappa shape index (κ1) is 16.5. The van der Waals surface area contributed by atoms with Gasteiger partial charge in [0.1, 0.15) is 0 Å². The van der Waals surface area contributed by atoms with Gasteiger partial charge in [-0.15, -0.1) is 0 Å². The number of hydrogen-bond donors (Lipinski definition) is 2. The lowest BCUT2D eigenvalue weighted by molar-refractivity contribution is -0.124. The number of hydrogen-bond acceptors (Lipinski definition) is 3. The Morgan fingerprint density at radius 1 is 1.35 bits per heavy atom. The minimum absolute atomic E-state index is 0.0841. The highest BCUT2D eigenvalue weighted by molar-refractivity contribution is 5.78. The van der Waals surface area contributed by atoms with Crippen LogP contribution in [0.15, 0.2) is 18.2 Å². The Kier molecular flexibility index (Phi) is 6.04. The summed E-state index contributed by atoms with van der Waals surface area (Å²) >= 11 is 0. The van der Waals surface area contributed by atoms with Gasteiger partial charge in [0.25, 0.3) is 0 Å². The molecule has 0 saturated carbocycles. The molecule has 1 aromatic carbocycles. The van der Waals surface area contributed by atoms with Gasteiger partial charge in [-0.05, 0) is 24.7 Å². The molecular weight excluding hydrogens is 266 g/mol. The smallest absolute Gasteiger partial charge is 0.223 e. The highest BCUT2D eigenvalue weighted by Crippen LogP contribution is 2.17. The van der Waals surface area contributed by atoms with Crippen LogP contribution in [0.25, 0.3) is 0 Å². The number of halogens is 2. The lowest BCUT2D eigenvalue weighted by atomic mass is 10.1. The van der Waals surface area contributed by atoms with Gasteiger partial charge in [-0.3, -0.25) is 4.79 Å². The maximum atomic E-state index is 13.1. The van der Waals surface area contributed by atoms with Crippen LogP contribution in [0.2, 0.25) is 0 Å². The first-order valence-corrected chi connectivity index (χ1v) is 6.38. The van der Waals surface area contributed by atoms with Crippen LogP contribution in [0.5, 0.6) is 0 Å². The molecule has 0 aliphatic carbocycles. The molecule has 0 aromatic heterocycles. The molecule has 6 heteroatoms. The summed E-state index contributed by atoms with van der Waals surface area (Å²) in [7, 11) is 3.32. The van der Waals surface area contributed by atoms with Crippen molar-refractivity contribution in [3.05, 3.63) is 35.4 Å². The zero-order valence-electron chi connectivity index (χ0n) is 11.9. The van der Waals surface area contributed by atoms with Crippen LogP contribution in [0.4, 0.5) is 8.78 Å². The van der Waals surface area contributed by atoms with Crippen molar-refractivity contribution in [1.82, 2.24) is 10.2 Å². The van der Waals surface area contributed by atoms with E-state index in [1.165, 1.54) is 6.07 Å². The Hall–Kier alpha value is -1.53. The van der Waals surface area contributed by atoms with Gasteiger partial charge in [0, 0.05) is 26.1 Å². The van der Waals surface area contributed by atoms with E-state index in [2.05, 4.69) is 5.32 Å². The molecule has 0 bridgehead atoms. The molecule has 0 spiro atoms. The molecule has 1 amide bonds. The van der Waals surface area contributed by atoms with Crippen LogP contribution < -0.4 is 5.32 Å². The molecule has 1 aromatic rings. The van der Waals surface area contributed by atoms with Gasteiger partial charge in [0.15, 0.2) is 11.6 Å². The minimum Gasteiger partial charge on any atom is -0.387 e. The summed E-state index contributed by atoms with van der Waals surface area (Å²) in [6, 6.07) is 3.32. The van der Waals surface area contributed by atoms with E-state index in [0.717, 1.165) is 12.1 Å². The van der Waals surface area contributed by atoms with E-state index in [4.69, 9.17) is 0 Å². The predicted octanol–water partition coefficient (Wildman–Crippen LogP) is 1.31. The number of likely N-dealkylation sites (N-methyl/N-ethyl adjacent to an activating group) is 1. The van der Waals surface area contributed by atoms with E-state index < -0.39 is 17.7 Å². The largest absolute Gasteiger partial charge is 0.387 e. The number of amides is 1. The van der Waals surface area contributed by atoms with E-state index in [9.17, 15) is 18.7 Å². The Morgan fingerprint density at radius 2 is 2.00 bits per heavy atom. The number of rotatable bonds is 6. The number of nitrogens with zero attached hydrogens (tertiary/aromatic N) is 1. The average Bonchev–Trinajstić information content (AvgIpc) is 2.40. The van der Waals surface area contributed by atoms with Crippen LogP contribution in [0, 0.1) is 17.6 Å². The zero-order valence-corrected chi connectivity index (χ0v) is 11.9. The van der Waals surface area contributed by atoms with Crippen LogP contribution >= 0.6 is 0 Å². The maximum Gasteiger partial charge on any atom is 0.223 e. The lowest BCUT2D eigenvalue weighted by Crippen LogP contribution is -2.36. The van der Waals surface area contributed by atoms with Crippen LogP contribution in [-0.2, 0) is 4.79 Å². The fourth-order valence-corrected chi connectivity index (χ4v) is 1.99. The minimum atomic E-state index is -0.983. The standard InChI is InChI=1S/C14H20F2N2O2/c1-9(14(20)17-2)7-18(3)8-13(19)10-4-5-11(15)12(16)6-10/h4-6,9,13,19H,7-8H2,1-3H3,(H,17,20). The molecule has 0 saturated heterocycles. The quantitative estimate of drug-likeness (QED) is 0.829. The molecule has 0 heterocycles. The van der Waals surface area contributed by atoms with Crippen molar-refractivity contribution >= 4 is 5.91 Å². The van der Waals surface area contributed by atoms with Crippen LogP contribution in [0.1, 0.15) is 18.6 Å². The van der Waals surface area contributed by atoms with Crippen LogP contribution in [-0.4, -0.2) is 43.1 Å². The highest BCUT2D eigenvalue weighted by atomic mass is 19.2. The summed E-state index contributed by atoms with van der Waals surface area (Å²) in [5, 5.41) is 12.5. The molecular formula is C14H20F2N2O2. The molecule has 0 fully saturated rings. The van der Waals surface area contributed by atoms with Gasteiger partial charge in [0.2, 0.25) is 5.91 Å². The zero-order chi connectivity index (χ0) is 15.3. The van der Waals surface area contributed by atoms with Crippen molar-refractivity contribution in [3.63, 3.8) is 0 Å². The maximum absolute atomic E-state index is 13.1. The third-order valence-corrected chi connectivity index (χ3v) is 3.09. The van der Waals surface area contributed by atoms with Gasteiger partial charge < -0.3 is 15.3 Å². The van der Waals surface area contributed by atoms with E-state index >= 15 is 0 Å². The van der Waals surface area contributed by atoms with Gasteiger partial charge in [0.05, 0.1) is 6.10 Å². The summed E-state index contributed by atoms with van der Waals surface area (Å²) in [6.45, 7) is 2.46. The summed E-state index contributed by atoms with van der Waals surface area (Å²) in [5.41, 5.74) is 0.309. The SMILES string of the molecule is CNC(=O)C(C)CN(C)CC(O)c1ccc(F)c(F)c1. The van der Waals surface area contributed by atoms with E-state index in [1.807, 2.05) is 0 Å². The van der Waals surface area contributed by atoms with E-state index in [-0.39, 0.29) is 18.4 Å². The highest BCUT2D eigenvalue weighted by Gasteiger charge is 2.17. The summed E-state index contributed by atoms with van der Waals surface area (Å²) in [6.07, 6.45) is -0.938. The van der Waals surface area contributed by atoms with E-state index in [1.54, 1.807) is 25.9 Å². The second-order valence-corrected chi connectivity index (χ2v) is 4.93. The van der Waals surface area contributed by atoms with Crippen molar-refractivity contribution in [2.45, 2.75) is 13.0 Å². The lowest BCUT2D eigenvalue weighted by Gasteiger charge is -2.23. The van der Waals surface area contributed by atoms with Crippen molar-refractivity contribution < 1.29 is 18.7 Å². The topological polar surface area (TPSA) is 52.6 Å². The number of aliphatic hydroxyl groups excluding tert-OH is 1. The number of carbonyl (C=O) groups excluding carboxylic acids is 1. The first-order chi connectivity index (χ1) is 9.35. The summed E-state index contributed by atoms with van der Waals surface area (Å²) in [5.74, 6) is -2.23. The summed E-state index contributed by atoms with van der Waals surface area (Å²) < 4.78 is 25.9. The Labute approximate surface area is 117 Å². The molecule has 4 nitrogen and oxygen atoms in total. The molecule has 2 atom stereocenters. The molecule has 0 aliphatic heterocycles. The van der Waals surface area contributed by atoms with Gasteiger partial charge in [-0.2, -0.15) is 0 Å². The van der Waals surface area contributed by atoms with Gasteiger partial charge in [-0.1, -0.05) is 13.0 Å². The number of benzene rings is 1. The fraction of sp³-hybridized carbons (Fsp3) is 0.500. The number of nitrogens with one attached hydrogen (secondary N) is 1. The van der Waals surface area contributed by atoms with Crippen molar-refractivity contribution in [2.24, 2.45) is 5.92 Å². The molecule has 0 radical (unpaired) electrons. The second-order valence-electron chi connectivity index (χ2n) is 4.93. The average molecular weight is 286 g/mol. The molecule has 2 unspecified atom stereocenters. The van der Waals surface area contributed by atoms with Crippen molar-refractivity contribution in [1.29, 1.82) is 0 Å². The normalized spacial score (nSPS) is 14.2. The number of carbonyl (C=O) groups is 1. The van der Waals surface area contributed by atoms with Gasteiger partial charge in [-0.25, -0.2) is 8.78 Å². The van der Waals surface area contributed by atoms with Crippen molar-refractivity contribution in [3.8, 4) is 0 Å². The third kappa shape index (κ3) is 4.54. The fourth-order valence-electron chi connectivity index (χ4n) is 1.99. The molecule has 2 N–H and O–H groups in total. The monoisotopic (exact) mass is 286 g/mol. The first-order valence-electron chi connectivity index (χ1n) is 6.38. The molecule has 112 valence electrons. The molecule has 0 aliphatic rings. The van der Waals surface area contributed by atoms with Crippen LogP contribution in [0.3, 0.4) is 0 Å². The Morgan fingerprint density at radius 3 is 2.55 bits per heavy atom. The third-order valence-electron chi connectivity index (χ3n) is 3.09.